The van der Waals surface area contributed by atoms with Crippen molar-refractivity contribution in [1.82, 2.24) is 29.7 Å². The zero-order valence-electron chi connectivity index (χ0n) is 23.6. The number of anilines is 1. The molecular weight excluding hydrogens is 502 g/mol. The molecule has 1 unspecified atom stereocenters. The number of hydrogen-bond donors (Lipinski definition) is 1. The van der Waals surface area contributed by atoms with Crippen molar-refractivity contribution in [3.8, 4) is 11.4 Å². The molecule has 0 saturated carbocycles. The average Bonchev–Trinajstić information content (AvgIpc) is 3.68. The molecule has 6 heterocycles. The van der Waals surface area contributed by atoms with E-state index >= 15 is 0 Å². The van der Waals surface area contributed by atoms with Crippen LogP contribution in [-0.4, -0.2) is 89.8 Å². The van der Waals surface area contributed by atoms with Crippen molar-refractivity contribution in [1.29, 1.82) is 0 Å². The van der Waals surface area contributed by atoms with Gasteiger partial charge in [0.1, 0.15) is 5.52 Å². The van der Waals surface area contributed by atoms with Crippen molar-refractivity contribution >= 4 is 38.9 Å². The Kier molecular flexibility index (Phi) is 6.45. The average molecular weight is 540 g/mol. The Hall–Kier alpha value is -3.53. The third-order valence-corrected chi connectivity index (χ3v) is 8.65. The van der Waals surface area contributed by atoms with Crippen LogP contribution in [0.2, 0.25) is 0 Å². The van der Waals surface area contributed by atoms with E-state index in [1.165, 1.54) is 25.9 Å². The molecule has 1 aromatic carbocycles. The Bertz CT molecular complexity index is 1670. The molecular formula is C31H37N7O2. The quantitative estimate of drug-likeness (QED) is 0.312. The van der Waals surface area contributed by atoms with Crippen LogP contribution < -0.4 is 4.90 Å². The number of H-pyrrole nitrogens is 1. The van der Waals surface area contributed by atoms with Gasteiger partial charge in [-0.1, -0.05) is 19.1 Å². The molecule has 0 amide bonds. The molecule has 7 rings (SSSR count). The lowest BCUT2D eigenvalue weighted by Crippen LogP contribution is -2.37. The number of fused-ring (bicyclic) bond motifs is 4. The monoisotopic (exact) mass is 539 g/mol. The van der Waals surface area contributed by atoms with Crippen LogP contribution in [0.1, 0.15) is 25.3 Å². The highest BCUT2D eigenvalue weighted by molar-refractivity contribution is 6.06. The zero-order valence-corrected chi connectivity index (χ0v) is 23.6. The summed E-state index contributed by atoms with van der Waals surface area (Å²) in [4.78, 5) is 25.3. The normalized spacial score (nSPS) is 20.6. The smallest absolute Gasteiger partial charge is 0.229 e. The van der Waals surface area contributed by atoms with Gasteiger partial charge in [-0.25, -0.2) is 15.0 Å². The van der Waals surface area contributed by atoms with Gasteiger partial charge in [0.05, 0.1) is 18.6 Å². The molecule has 4 aromatic heterocycles. The van der Waals surface area contributed by atoms with Gasteiger partial charge in [-0.3, -0.25) is 0 Å². The van der Waals surface area contributed by atoms with Crippen molar-refractivity contribution in [3.05, 3.63) is 48.3 Å². The second-order valence-corrected chi connectivity index (χ2v) is 12.0. The summed E-state index contributed by atoms with van der Waals surface area (Å²) in [5.74, 6) is 1.50. The van der Waals surface area contributed by atoms with Crippen LogP contribution in [0, 0.1) is 5.41 Å². The summed E-state index contributed by atoms with van der Waals surface area (Å²) in [5.41, 5.74) is 5.73. The van der Waals surface area contributed by atoms with E-state index in [4.69, 9.17) is 24.1 Å². The van der Waals surface area contributed by atoms with Crippen molar-refractivity contribution in [2.24, 2.45) is 5.41 Å². The van der Waals surface area contributed by atoms with E-state index in [0.717, 1.165) is 64.9 Å². The molecule has 0 radical (unpaired) electrons. The molecule has 1 N–H and O–H groups in total. The van der Waals surface area contributed by atoms with E-state index in [2.05, 4.69) is 65.0 Å². The molecule has 208 valence electrons. The molecule has 2 saturated heterocycles. The first-order valence-corrected chi connectivity index (χ1v) is 14.3. The molecule has 0 bridgehead atoms. The van der Waals surface area contributed by atoms with Crippen molar-refractivity contribution in [2.45, 2.75) is 26.3 Å². The fourth-order valence-electron chi connectivity index (χ4n) is 6.36. The van der Waals surface area contributed by atoms with Crippen LogP contribution in [0.5, 0.6) is 0 Å². The molecule has 9 heteroatoms. The Labute approximate surface area is 234 Å². The van der Waals surface area contributed by atoms with Crippen LogP contribution >= 0.6 is 0 Å². The Morgan fingerprint density at radius 3 is 2.80 bits per heavy atom. The number of nitrogens with zero attached hydrogens (tertiary/aromatic N) is 6. The summed E-state index contributed by atoms with van der Waals surface area (Å²) >= 11 is 0. The lowest BCUT2D eigenvalue weighted by molar-refractivity contribution is 0.122. The molecule has 40 heavy (non-hydrogen) atoms. The maximum absolute atomic E-state index is 6.36. The molecule has 5 aromatic rings. The van der Waals surface area contributed by atoms with Crippen molar-refractivity contribution in [2.75, 3.05) is 64.9 Å². The Balaban J connectivity index is 1.26. The van der Waals surface area contributed by atoms with E-state index in [0.29, 0.717) is 35.7 Å². The predicted octanol–water partition coefficient (Wildman–Crippen LogP) is 4.92. The summed E-state index contributed by atoms with van der Waals surface area (Å²) in [6, 6.07) is 10.5. The topological polar surface area (TPSA) is 86.5 Å². The zero-order chi connectivity index (χ0) is 27.3. The summed E-state index contributed by atoms with van der Waals surface area (Å²) in [5, 5.41) is 2.04. The predicted molar refractivity (Wildman–Crippen MR) is 159 cm³/mol. The third-order valence-electron chi connectivity index (χ3n) is 8.65. The van der Waals surface area contributed by atoms with Gasteiger partial charge in [-0.05, 0) is 69.2 Å². The van der Waals surface area contributed by atoms with Crippen LogP contribution in [0.25, 0.3) is 44.5 Å². The van der Waals surface area contributed by atoms with Gasteiger partial charge < -0.3 is 28.8 Å². The number of aromatic nitrogens is 4. The number of hydrogen-bond acceptors (Lipinski definition) is 8. The number of pyridine rings is 1. The Morgan fingerprint density at radius 1 is 1.10 bits per heavy atom. The highest BCUT2D eigenvalue weighted by Crippen LogP contribution is 2.37. The number of nitrogens with one attached hydrogen (secondary N) is 1. The number of benzene rings is 1. The van der Waals surface area contributed by atoms with E-state index < -0.39 is 0 Å². The maximum atomic E-state index is 6.36. The largest absolute Gasteiger partial charge is 0.432 e. The van der Waals surface area contributed by atoms with Crippen LogP contribution in [-0.2, 0) is 11.3 Å². The second-order valence-electron chi connectivity index (χ2n) is 12.0. The van der Waals surface area contributed by atoms with E-state index in [9.17, 15) is 0 Å². The fraction of sp³-hybridized carbons (Fsp3) is 0.452. The van der Waals surface area contributed by atoms with Gasteiger partial charge in [-0.15, -0.1) is 0 Å². The van der Waals surface area contributed by atoms with Crippen molar-refractivity contribution in [3.63, 3.8) is 0 Å². The van der Waals surface area contributed by atoms with E-state index in [1.807, 2.05) is 18.5 Å². The minimum absolute atomic E-state index is 0.400. The van der Waals surface area contributed by atoms with Gasteiger partial charge in [-0.2, -0.15) is 0 Å². The number of likely N-dealkylation sites (tertiary alicyclic amines) is 1. The number of ether oxygens (including phenoxy) is 1. The lowest BCUT2D eigenvalue weighted by Gasteiger charge is -2.27. The van der Waals surface area contributed by atoms with E-state index in [-0.39, 0.29) is 0 Å². The third kappa shape index (κ3) is 4.72. The molecule has 0 aliphatic carbocycles. The lowest BCUT2D eigenvalue weighted by atomic mass is 9.86. The van der Waals surface area contributed by atoms with Crippen LogP contribution in [0.15, 0.2) is 47.1 Å². The number of morpholine rings is 1. The highest BCUT2D eigenvalue weighted by Gasteiger charge is 2.31. The highest BCUT2D eigenvalue weighted by atomic mass is 16.5. The summed E-state index contributed by atoms with van der Waals surface area (Å²) < 4.78 is 12.0. The first-order chi connectivity index (χ1) is 19.5. The molecule has 2 fully saturated rings. The second kappa shape index (κ2) is 10.1. The van der Waals surface area contributed by atoms with Crippen molar-refractivity contribution < 1.29 is 9.15 Å². The molecule has 1 atom stereocenters. The molecule has 0 spiro atoms. The molecule has 2 aliphatic heterocycles. The van der Waals surface area contributed by atoms with Gasteiger partial charge >= 0.3 is 0 Å². The SMILES string of the molecule is CN(CCC1(C)CCN(C)C1)Cc1cnc2oc3c(N4CCOCC4)nc(-c4cccc5[nH]ccc45)nc3c2c1. The summed E-state index contributed by atoms with van der Waals surface area (Å²) in [6.07, 6.45) is 6.37. The standard InChI is InChI=1S/C31H37N7O2/c1-31(9-12-37(3)20-31)8-11-36(2)19-21-17-24-26-27(40-30(24)33-18-21)29(38-13-15-39-16-14-38)35-28(34-26)23-5-4-6-25-22(23)7-10-32-25/h4-7,10,17-18,32H,8-9,11-16,19-20H2,1-3H3. The van der Waals surface area contributed by atoms with Gasteiger partial charge in [0.25, 0.3) is 0 Å². The minimum Gasteiger partial charge on any atom is -0.432 e. The number of aromatic amines is 1. The molecule has 9 nitrogen and oxygen atoms in total. The van der Waals surface area contributed by atoms with E-state index in [1.54, 1.807) is 0 Å². The van der Waals surface area contributed by atoms with Crippen LogP contribution in [0.3, 0.4) is 0 Å². The van der Waals surface area contributed by atoms with Gasteiger partial charge in [0.2, 0.25) is 5.71 Å². The summed E-state index contributed by atoms with van der Waals surface area (Å²) in [7, 11) is 4.43. The van der Waals surface area contributed by atoms with Crippen LogP contribution in [0.4, 0.5) is 5.82 Å². The first-order valence-electron chi connectivity index (χ1n) is 14.3. The summed E-state index contributed by atoms with van der Waals surface area (Å²) in [6.45, 7) is 9.54. The Morgan fingerprint density at radius 2 is 1.98 bits per heavy atom. The first kappa shape index (κ1) is 25.4. The number of rotatable bonds is 7. The fourth-order valence-corrected chi connectivity index (χ4v) is 6.36. The molecule has 2 aliphatic rings. The van der Waals surface area contributed by atoms with Gasteiger partial charge in [0.15, 0.2) is 17.2 Å². The number of furan rings is 1. The minimum atomic E-state index is 0.400. The maximum Gasteiger partial charge on any atom is 0.229 e. The van der Waals surface area contributed by atoms with Gasteiger partial charge in [0, 0.05) is 55.0 Å².